The van der Waals surface area contributed by atoms with Crippen LogP contribution in [0.25, 0.3) is 0 Å². The number of nitrogens with one attached hydrogen (secondary N) is 1. The molecule has 0 amide bonds. The molecule has 3 heteroatoms. The second-order valence-corrected chi connectivity index (χ2v) is 5.51. The van der Waals surface area contributed by atoms with Gasteiger partial charge in [-0.05, 0) is 30.2 Å². The van der Waals surface area contributed by atoms with Crippen LogP contribution in [0.4, 0.5) is 0 Å². The summed E-state index contributed by atoms with van der Waals surface area (Å²) in [7, 11) is 0. The molecule has 0 fully saturated rings. The topological polar surface area (TPSA) is 34.1 Å². The van der Waals surface area contributed by atoms with Gasteiger partial charge in [-0.25, -0.2) is 0 Å². The van der Waals surface area contributed by atoms with Gasteiger partial charge in [-0.2, -0.15) is 0 Å². The standard InChI is InChI=1S/C18H24N2O/c1-4-5-15-6-8-17(9-7-15)21-18-10-11-19-16(12-18)13-20-14(2)3/h6-12,14,20H,4-5,13H2,1-3H3. The Morgan fingerprint density at radius 1 is 1.10 bits per heavy atom. The lowest BCUT2D eigenvalue weighted by Gasteiger charge is -2.10. The molecule has 3 nitrogen and oxygen atoms in total. The fourth-order valence-corrected chi connectivity index (χ4v) is 2.07. The fraction of sp³-hybridized carbons (Fsp3) is 0.389. The van der Waals surface area contributed by atoms with E-state index in [1.54, 1.807) is 6.20 Å². The van der Waals surface area contributed by atoms with Crippen LogP contribution in [0.2, 0.25) is 0 Å². The molecule has 0 unspecified atom stereocenters. The third kappa shape index (κ3) is 5.20. The summed E-state index contributed by atoms with van der Waals surface area (Å²) in [6.45, 7) is 7.19. The predicted octanol–water partition coefficient (Wildman–Crippen LogP) is 4.32. The smallest absolute Gasteiger partial charge is 0.130 e. The molecule has 0 aliphatic heterocycles. The predicted molar refractivity (Wildman–Crippen MR) is 86.7 cm³/mol. The van der Waals surface area contributed by atoms with E-state index >= 15 is 0 Å². The van der Waals surface area contributed by atoms with Gasteiger partial charge in [0.25, 0.3) is 0 Å². The lowest BCUT2D eigenvalue weighted by Crippen LogP contribution is -2.22. The number of hydrogen-bond acceptors (Lipinski definition) is 3. The van der Waals surface area contributed by atoms with Crippen molar-refractivity contribution in [1.82, 2.24) is 10.3 Å². The monoisotopic (exact) mass is 284 g/mol. The maximum absolute atomic E-state index is 5.89. The molecule has 0 saturated heterocycles. The number of benzene rings is 1. The molecule has 0 aliphatic rings. The van der Waals surface area contributed by atoms with Crippen LogP contribution in [-0.4, -0.2) is 11.0 Å². The van der Waals surface area contributed by atoms with E-state index in [4.69, 9.17) is 4.74 Å². The van der Waals surface area contributed by atoms with Crippen LogP contribution in [0.15, 0.2) is 42.6 Å². The molecule has 0 spiro atoms. The van der Waals surface area contributed by atoms with Gasteiger partial charge in [-0.15, -0.1) is 0 Å². The Morgan fingerprint density at radius 3 is 2.52 bits per heavy atom. The summed E-state index contributed by atoms with van der Waals surface area (Å²) in [6.07, 6.45) is 4.06. The van der Waals surface area contributed by atoms with Gasteiger partial charge in [-0.3, -0.25) is 4.98 Å². The normalized spacial score (nSPS) is 10.9. The van der Waals surface area contributed by atoms with Crippen LogP contribution in [0.5, 0.6) is 11.5 Å². The summed E-state index contributed by atoms with van der Waals surface area (Å²) in [4.78, 5) is 4.35. The van der Waals surface area contributed by atoms with Crippen molar-refractivity contribution in [2.75, 3.05) is 0 Å². The SMILES string of the molecule is CCCc1ccc(Oc2ccnc(CNC(C)C)c2)cc1. The first-order valence-electron chi connectivity index (χ1n) is 7.62. The van der Waals surface area contributed by atoms with Crippen LogP contribution in [-0.2, 0) is 13.0 Å². The molecule has 0 atom stereocenters. The highest BCUT2D eigenvalue weighted by molar-refractivity contribution is 5.33. The molecule has 1 N–H and O–H groups in total. The third-order valence-electron chi connectivity index (χ3n) is 3.18. The Labute approximate surface area is 127 Å². The van der Waals surface area contributed by atoms with Crippen LogP contribution >= 0.6 is 0 Å². The van der Waals surface area contributed by atoms with E-state index in [1.807, 2.05) is 24.3 Å². The van der Waals surface area contributed by atoms with Crippen molar-refractivity contribution in [3.8, 4) is 11.5 Å². The van der Waals surface area contributed by atoms with E-state index in [2.05, 4.69) is 43.2 Å². The summed E-state index contributed by atoms with van der Waals surface area (Å²) in [5, 5.41) is 3.36. The van der Waals surface area contributed by atoms with E-state index < -0.39 is 0 Å². The molecule has 2 rings (SSSR count). The largest absolute Gasteiger partial charge is 0.457 e. The molecule has 1 aromatic carbocycles. The quantitative estimate of drug-likeness (QED) is 0.822. The lowest BCUT2D eigenvalue weighted by atomic mass is 10.1. The van der Waals surface area contributed by atoms with Gasteiger partial charge >= 0.3 is 0 Å². The summed E-state index contributed by atoms with van der Waals surface area (Å²) >= 11 is 0. The van der Waals surface area contributed by atoms with Gasteiger partial charge in [0.05, 0.1) is 5.69 Å². The Morgan fingerprint density at radius 2 is 1.86 bits per heavy atom. The fourth-order valence-electron chi connectivity index (χ4n) is 2.07. The van der Waals surface area contributed by atoms with Gasteiger partial charge in [0.2, 0.25) is 0 Å². The molecule has 0 radical (unpaired) electrons. The maximum Gasteiger partial charge on any atom is 0.130 e. The van der Waals surface area contributed by atoms with E-state index in [9.17, 15) is 0 Å². The zero-order chi connectivity index (χ0) is 15.1. The van der Waals surface area contributed by atoms with Crippen molar-refractivity contribution in [2.45, 2.75) is 46.2 Å². The second kappa shape index (κ2) is 7.79. The Bertz CT molecular complexity index is 549. The van der Waals surface area contributed by atoms with Crippen molar-refractivity contribution in [3.63, 3.8) is 0 Å². The number of nitrogens with zero attached hydrogens (tertiary/aromatic N) is 1. The molecule has 21 heavy (non-hydrogen) atoms. The molecule has 0 bridgehead atoms. The van der Waals surface area contributed by atoms with Crippen LogP contribution in [0.3, 0.4) is 0 Å². The average Bonchev–Trinajstić information content (AvgIpc) is 2.48. The number of rotatable bonds is 7. The minimum Gasteiger partial charge on any atom is -0.457 e. The van der Waals surface area contributed by atoms with Crippen LogP contribution in [0.1, 0.15) is 38.4 Å². The van der Waals surface area contributed by atoms with E-state index in [0.29, 0.717) is 6.04 Å². The Kier molecular flexibility index (Phi) is 5.76. The molecule has 2 aromatic rings. The number of aromatic nitrogens is 1. The number of hydrogen-bond donors (Lipinski definition) is 1. The Hall–Kier alpha value is -1.87. The molecule has 0 aliphatic carbocycles. The molecular formula is C18H24N2O. The summed E-state index contributed by atoms with van der Waals surface area (Å²) < 4.78 is 5.89. The van der Waals surface area contributed by atoms with Gasteiger partial charge in [-0.1, -0.05) is 39.3 Å². The number of ether oxygens (including phenoxy) is 1. The first kappa shape index (κ1) is 15.5. The first-order valence-corrected chi connectivity index (χ1v) is 7.62. The molecule has 0 saturated carbocycles. The van der Waals surface area contributed by atoms with Crippen molar-refractivity contribution in [1.29, 1.82) is 0 Å². The number of aryl methyl sites for hydroxylation is 1. The van der Waals surface area contributed by atoms with E-state index in [-0.39, 0.29) is 0 Å². The highest BCUT2D eigenvalue weighted by Crippen LogP contribution is 2.22. The van der Waals surface area contributed by atoms with Gasteiger partial charge in [0, 0.05) is 24.8 Å². The summed E-state index contributed by atoms with van der Waals surface area (Å²) in [5.41, 5.74) is 2.34. The highest BCUT2D eigenvalue weighted by atomic mass is 16.5. The Balaban J connectivity index is 2.00. The van der Waals surface area contributed by atoms with Crippen molar-refractivity contribution in [3.05, 3.63) is 53.9 Å². The number of pyridine rings is 1. The van der Waals surface area contributed by atoms with Crippen molar-refractivity contribution >= 4 is 0 Å². The molecule has 1 heterocycles. The molecular weight excluding hydrogens is 260 g/mol. The minimum absolute atomic E-state index is 0.447. The lowest BCUT2D eigenvalue weighted by molar-refractivity contribution is 0.479. The van der Waals surface area contributed by atoms with E-state index in [0.717, 1.165) is 36.6 Å². The zero-order valence-electron chi connectivity index (χ0n) is 13.1. The average molecular weight is 284 g/mol. The summed E-state index contributed by atoms with van der Waals surface area (Å²) in [5.74, 6) is 1.69. The van der Waals surface area contributed by atoms with Gasteiger partial charge < -0.3 is 10.1 Å². The van der Waals surface area contributed by atoms with Crippen LogP contribution < -0.4 is 10.1 Å². The zero-order valence-corrected chi connectivity index (χ0v) is 13.1. The molecule has 112 valence electrons. The van der Waals surface area contributed by atoms with Crippen molar-refractivity contribution in [2.24, 2.45) is 0 Å². The first-order chi connectivity index (χ1) is 10.2. The van der Waals surface area contributed by atoms with Gasteiger partial charge in [0.15, 0.2) is 0 Å². The van der Waals surface area contributed by atoms with E-state index in [1.165, 1.54) is 5.56 Å². The highest BCUT2D eigenvalue weighted by Gasteiger charge is 2.02. The maximum atomic E-state index is 5.89. The van der Waals surface area contributed by atoms with Crippen LogP contribution in [0, 0.1) is 0 Å². The summed E-state index contributed by atoms with van der Waals surface area (Å²) in [6, 6.07) is 12.6. The second-order valence-electron chi connectivity index (χ2n) is 5.51. The molecule has 1 aromatic heterocycles. The van der Waals surface area contributed by atoms with Gasteiger partial charge in [0.1, 0.15) is 11.5 Å². The van der Waals surface area contributed by atoms with Crippen molar-refractivity contribution < 1.29 is 4.74 Å². The third-order valence-corrected chi connectivity index (χ3v) is 3.18. The minimum atomic E-state index is 0.447.